The lowest BCUT2D eigenvalue weighted by atomic mass is 9.94. The lowest BCUT2D eigenvalue weighted by molar-refractivity contribution is 0.192. The fourth-order valence-corrected chi connectivity index (χ4v) is 3.57. The van der Waals surface area contributed by atoms with E-state index in [0.717, 1.165) is 12.3 Å². The molecule has 0 spiro atoms. The minimum absolute atomic E-state index is 0.219. The van der Waals surface area contributed by atoms with Crippen molar-refractivity contribution in [3.63, 3.8) is 0 Å². The molecule has 1 saturated heterocycles. The molecule has 1 aliphatic rings. The maximum absolute atomic E-state index is 9.15. The van der Waals surface area contributed by atoms with Crippen LogP contribution in [-0.2, 0) is 6.42 Å². The fourth-order valence-electron chi connectivity index (χ4n) is 2.49. The van der Waals surface area contributed by atoms with E-state index in [9.17, 15) is 0 Å². The van der Waals surface area contributed by atoms with Crippen LogP contribution in [0.25, 0.3) is 0 Å². The summed E-state index contributed by atoms with van der Waals surface area (Å²) in [6.45, 7) is 8.18. The number of hydrogen-bond donors (Lipinski definition) is 1. The van der Waals surface area contributed by atoms with Crippen molar-refractivity contribution in [2.45, 2.75) is 39.0 Å². The Hall–Kier alpha value is -0.450. The van der Waals surface area contributed by atoms with Gasteiger partial charge in [0.1, 0.15) is 0 Å². The first-order valence-corrected chi connectivity index (χ1v) is 7.82. The van der Waals surface area contributed by atoms with Crippen molar-refractivity contribution in [3.05, 3.63) is 16.1 Å². The Morgan fingerprint density at radius 3 is 2.83 bits per heavy atom. The quantitative estimate of drug-likeness (QED) is 0.891. The molecule has 3 nitrogen and oxygen atoms in total. The van der Waals surface area contributed by atoms with E-state index in [1.807, 2.05) is 6.20 Å². The van der Waals surface area contributed by atoms with E-state index >= 15 is 0 Å². The number of aromatic nitrogens is 1. The minimum atomic E-state index is 0.219. The van der Waals surface area contributed by atoms with Crippen LogP contribution in [0.15, 0.2) is 6.20 Å². The van der Waals surface area contributed by atoms with Gasteiger partial charge in [-0.05, 0) is 38.4 Å². The largest absolute Gasteiger partial charge is 0.396 e. The highest BCUT2D eigenvalue weighted by Crippen LogP contribution is 2.27. The second-order valence-electron chi connectivity index (χ2n) is 5.32. The Balaban J connectivity index is 1.85. The number of aliphatic hydroxyl groups is 1. The van der Waals surface area contributed by atoms with Crippen molar-refractivity contribution in [2.75, 3.05) is 26.2 Å². The third-order valence-corrected chi connectivity index (χ3v) is 5.20. The molecule has 1 aromatic heterocycles. The third-order valence-electron chi connectivity index (χ3n) is 3.95. The second-order valence-corrected chi connectivity index (χ2v) is 6.47. The Bertz CT molecular complexity index is 358. The van der Waals surface area contributed by atoms with Crippen LogP contribution >= 0.6 is 11.3 Å². The fraction of sp³-hybridized carbons (Fsp3) is 0.786. The predicted molar refractivity (Wildman–Crippen MR) is 76.2 cm³/mol. The Kier molecular flexibility index (Phi) is 5.15. The maximum Gasteiger partial charge on any atom is 0.0930 e. The molecule has 4 heteroatoms. The summed E-state index contributed by atoms with van der Waals surface area (Å²) in [5.74, 6) is 1.04. The SMILES string of the molecule is CCN1CCC(Cc2ncc(C(C)CO)s2)CC1. The van der Waals surface area contributed by atoms with Gasteiger partial charge in [0.05, 0.1) is 11.6 Å². The van der Waals surface area contributed by atoms with E-state index in [1.54, 1.807) is 11.3 Å². The topological polar surface area (TPSA) is 36.4 Å². The highest BCUT2D eigenvalue weighted by molar-refractivity contribution is 7.11. The molecule has 0 saturated carbocycles. The van der Waals surface area contributed by atoms with Crippen molar-refractivity contribution in [1.82, 2.24) is 9.88 Å². The van der Waals surface area contributed by atoms with Gasteiger partial charge < -0.3 is 10.0 Å². The van der Waals surface area contributed by atoms with Crippen molar-refractivity contribution in [1.29, 1.82) is 0 Å². The highest BCUT2D eigenvalue weighted by Gasteiger charge is 2.20. The summed E-state index contributed by atoms with van der Waals surface area (Å²) in [7, 11) is 0. The van der Waals surface area contributed by atoms with Crippen molar-refractivity contribution >= 4 is 11.3 Å². The van der Waals surface area contributed by atoms with Gasteiger partial charge in [-0.3, -0.25) is 0 Å². The van der Waals surface area contributed by atoms with Crippen LogP contribution in [0, 0.1) is 5.92 Å². The molecule has 0 radical (unpaired) electrons. The summed E-state index contributed by atoms with van der Waals surface area (Å²) in [6.07, 6.45) is 5.68. The minimum Gasteiger partial charge on any atom is -0.396 e. The van der Waals surface area contributed by atoms with E-state index in [2.05, 4.69) is 23.7 Å². The van der Waals surface area contributed by atoms with E-state index in [0.29, 0.717) is 0 Å². The normalized spacial score (nSPS) is 20.2. The smallest absolute Gasteiger partial charge is 0.0930 e. The third kappa shape index (κ3) is 3.53. The molecule has 2 rings (SSSR count). The van der Waals surface area contributed by atoms with Crippen molar-refractivity contribution in [2.24, 2.45) is 5.92 Å². The van der Waals surface area contributed by atoms with Gasteiger partial charge in [0.15, 0.2) is 0 Å². The molecule has 1 aromatic rings. The van der Waals surface area contributed by atoms with Gasteiger partial charge in [-0.25, -0.2) is 4.98 Å². The molecule has 1 fully saturated rings. The van der Waals surface area contributed by atoms with Gasteiger partial charge in [0, 0.05) is 23.4 Å². The lowest BCUT2D eigenvalue weighted by Crippen LogP contribution is -2.33. The molecule has 2 heterocycles. The highest BCUT2D eigenvalue weighted by atomic mass is 32.1. The average molecular weight is 268 g/mol. The summed E-state index contributed by atoms with van der Waals surface area (Å²) in [4.78, 5) is 8.26. The van der Waals surface area contributed by atoms with Crippen LogP contribution in [0.2, 0.25) is 0 Å². The van der Waals surface area contributed by atoms with Crippen LogP contribution in [-0.4, -0.2) is 41.2 Å². The molecule has 1 N–H and O–H groups in total. The predicted octanol–water partition coefficient (Wildman–Crippen LogP) is 2.51. The van der Waals surface area contributed by atoms with Gasteiger partial charge in [-0.2, -0.15) is 0 Å². The number of aliphatic hydroxyl groups excluding tert-OH is 1. The first-order chi connectivity index (χ1) is 8.72. The molecule has 0 amide bonds. The first-order valence-electron chi connectivity index (χ1n) is 7.00. The molecule has 102 valence electrons. The van der Waals surface area contributed by atoms with Gasteiger partial charge in [-0.15, -0.1) is 11.3 Å². The van der Waals surface area contributed by atoms with E-state index in [1.165, 1.54) is 42.4 Å². The molecule has 1 atom stereocenters. The van der Waals surface area contributed by atoms with Gasteiger partial charge in [-0.1, -0.05) is 13.8 Å². The van der Waals surface area contributed by atoms with E-state index < -0.39 is 0 Å². The molecule has 1 unspecified atom stereocenters. The zero-order valence-corrected chi connectivity index (χ0v) is 12.2. The summed E-state index contributed by atoms with van der Waals surface area (Å²) >= 11 is 1.78. The number of rotatable bonds is 5. The molecule has 0 bridgehead atoms. The van der Waals surface area contributed by atoms with Crippen LogP contribution in [0.4, 0.5) is 0 Å². The van der Waals surface area contributed by atoms with Crippen molar-refractivity contribution < 1.29 is 5.11 Å². The molecule has 0 aliphatic carbocycles. The number of nitrogens with zero attached hydrogens (tertiary/aromatic N) is 2. The molecular weight excluding hydrogens is 244 g/mol. The Morgan fingerprint density at radius 2 is 2.22 bits per heavy atom. The molecule has 1 aliphatic heterocycles. The van der Waals surface area contributed by atoms with Gasteiger partial charge >= 0.3 is 0 Å². The Labute approximate surface area is 114 Å². The zero-order valence-electron chi connectivity index (χ0n) is 11.4. The van der Waals surface area contributed by atoms with Gasteiger partial charge in [0.25, 0.3) is 0 Å². The second kappa shape index (κ2) is 6.64. The summed E-state index contributed by atoms with van der Waals surface area (Å²) in [5.41, 5.74) is 0. The number of hydrogen-bond acceptors (Lipinski definition) is 4. The standard InChI is InChI=1S/C14H24N2OS/c1-3-16-6-4-12(5-7-16)8-14-15-9-13(18-14)11(2)10-17/h9,11-12,17H,3-8,10H2,1-2H3. The molecular formula is C14H24N2OS. The monoisotopic (exact) mass is 268 g/mol. The number of likely N-dealkylation sites (tertiary alicyclic amines) is 1. The van der Waals surface area contributed by atoms with Crippen LogP contribution in [0.1, 0.15) is 42.5 Å². The van der Waals surface area contributed by atoms with E-state index in [-0.39, 0.29) is 12.5 Å². The summed E-state index contributed by atoms with van der Waals surface area (Å²) in [6, 6.07) is 0. The van der Waals surface area contributed by atoms with Crippen LogP contribution in [0.5, 0.6) is 0 Å². The number of piperidine rings is 1. The summed E-state index contributed by atoms with van der Waals surface area (Å²) in [5, 5.41) is 10.4. The maximum atomic E-state index is 9.15. The summed E-state index contributed by atoms with van der Waals surface area (Å²) < 4.78 is 0. The number of thiazole rings is 1. The van der Waals surface area contributed by atoms with Crippen LogP contribution < -0.4 is 0 Å². The zero-order chi connectivity index (χ0) is 13.0. The van der Waals surface area contributed by atoms with Crippen molar-refractivity contribution in [3.8, 4) is 0 Å². The first kappa shape index (κ1) is 14.0. The lowest BCUT2D eigenvalue weighted by Gasteiger charge is -2.30. The van der Waals surface area contributed by atoms with E-state index in [4.69, 9.17) is 5.11 Å². The average Bonchev–Trinajstić information content (AvgIpc) is 2.87. The molecule has 18 heavy (non-hydrogen) atoms. The van der Waals surface area contributed by atoms with Crippen LogP contribution in [0.3, 0.4) is 0 Å². The van der Waals surface area contributed by atoms with Gasteiger partial charge in [0.2, 0.25) is 0 Å². The Morgan fingerprint density at radius 1 is 1.50 bits per heavy atom. The molecule has 0 aromatic carbocycles.